The molecule has 0 N–H and O–H groups in total. The van der Waals surface area contributed by atoms with Gasteiger partial charge >= 0.3 is 0 Å². The predicted octanol–water partition coefficient (Wildman–Crippen LogP) is 1.85. The standard InChI is InChI=1S/C5H4ClN.H2S/c6-5-3-1-2-4-7-5;/h1-4H;1H2. The summed E-state index contributed by atoms with van der Waals surface area (Å²) in [6, 6.07) is 5.41. The van der Waals surface area contributed by atoms with Crippen molar-refractivity contribution in [1.29, 1.82) is 0 Å². The average Bonchev–Trinajstić information content (AvgIpc) is 1.69. The molecule has 0 atom stereocenters. The molecule has 0 amide bonds. The van der Waals surface area contributed by atoms with Crippen LogP contribution in [0.3, 0.4) is 0 Å². The molecule has 0 saturated carbocycles. The quantitative estimate of drug-likeness (QED) is 0.511. The lowest BCUT2D eigenvalue weighted by Gasteiger charge is -1.79. The summed E-state index contributed by atoms with van der Waals surface area (Å²) in [6.07, 6.45) is 1.66. The maximum Gasteiger partial charge on any atom is 0.129 e. The molecule has 3 heteroatoms. The Hall–Kier alpha value is -0.210. The first kappa shape index (κ1) is 7.79. The Morgan fingerprint density at radius 1 is 1.38 bits per heavy atom. The number of aromatic nitrogens is 1. The van der Waals surface area contributed by atoms with Gasteiger partial charge in [0.1, 0.15) is 5.15 Å². The van der Waals surface area contributed by atoms with Gasteiger partial charge in [0.2, 0.25) is 0 Å². The highest BCUT2D eigenvalue weighted by Crippen LogP contribution is 1.98. The summed E-state index contributed by atoms with van der Waals surface area (Å²) in [5, 5.41) is 0.544. The Morgan fingerprint density at radius 2 is 2.12 bits per heavy atom. The summed E-state index contributed by atoms with van der Waals surface area (Å²) < 4.78 is 0. The van der Waals surface area contributed by atoms with Gasteiger partial charge in [0.05, 0.1) is 0 Å². The van der Waals surface area contributed by atoms with Gasteiger partial charge in [0.25, 0.3) is 0 Å². The number of pyridine rings is 1. The van der Waals surface area contributed by atoms with Crippen LogP contribution < -0.4 is 0 Å². The van der Waals surface area contributed by atoms with Crippen LogP contribution in [-0.4, -0.2) is 4.98 Å². The molecule has 1 heterocycles. The molecule has 1 aromatic heterocycles. The van der Waals surface area contributed by atoms with Crippen molar-refractivity contribution in [3.05, 3.63) is 29.5 Å². The second-order valence-corrected chi connectivity index (χ2v) is 1.54. The van der Waals surface area contributed by atoms with E-state index in [1.165, 1.54) is 0 Å². The van der Waals surface area contributed by atoms with Crippen LogP contribution in [0.15, 0.2) is 24.4 Å². The van der Waals surface area contributed by atoms with Crippen molar-refractivity contribution >= 4 is 25.1 Å². The van der Waals surface area contributed by atoms with Crippen molar-refractivity contribution in [2.45, 2.75) is 0 Å². The predicted molar refractivity (Wildman–Crippen MR) is 39.6 cm³/mol. The van der Waals surface area contributed by atoms with Crippen LogP contribution in [0.1, 0.15) is 0 Å². The van der Waals surface area contributed by atoms with Crippen molar-refractivity contribution in [2.75, 3.05) is 0 Å². The monoisotopic (exact) mass is 147 g/mol. The largest absolute Gasteiger partial charge is 0.245 e. The van der Waals surface area contributed by atoms with Gasteiger partial charge in [-0.05, 0) is 12.1 Å². The molecular weight excluding hydrogens is 142 g/mol. The van der Waals surface area contributed by atoms with E-state index in [1.807, 2.05) is 12.1 Å². The molecule has 8 heavy (non-hydrogen) atoms. The topological polar surface area (TPSA) is 12.9 Å². The lowest BCUT2D eigenvalue weighted by Crippen LogP contribution is -1.65. The van der Waals surface area contributed by atoms with Crippen LogP contribution in [0, 0.1) is 0 Å². The highest BCUT2D eigenvalue weighted by Gasteiger charge is 1.76. The molecule has 1 nitrogen and oxygen atoms in total. The van der Waals surface area contributed by atoms with Gasteiger partial charge in [0, 0.05) is 6.20 Å². The fourth-order valence-corrected chi connectivity index (χ4v) is 0.471. The van der Waals surface area contributed by atoms with Gasteiger partial charge < -0.3 is 0 Å². The first-order valence-corrected chi connectivity index (χ1v) is 2.34. The molecular formula is C5H6ClNS. The zero-order valence-corrected chi connectivity index (χ0v) is 5.89. The molecule has 0 saturated heterocycles. The third-order valence-electron chi connectivity index (χ3n) is 0.629. The second-order valence-electron chi connectivity index (χ2n) is 1.15. The summed E-state index contributed by atoms with van der Waals surface area (Å²) in [7, 11) is 0. The maximum atomic E-state index is 5.43. The third kappa shape index (κ3) is 2.19. The number of hydrogen-bond donors (Lipinski definition) is 0. The van der Waals surface area contributed by atoms with E-state index in [-0.39, 0.29) is 13.5 Å². The van der Waals surface area contributed by atoms with Gasteiger partial charge in [-0.25, -0.2) is 4.98 Å². The summed E-state index contributed by atoms with van der Waals surface area (Å²) in [5.41, 5.74) is 0. The van der Waals surface area contributed by atoms with Gasteiger partial charge in [0.15, 0.2) is 0 Å². The Bertz CT molecular complexity index is 142. The van der Waals surface area contributed by atoms with E-state index in [2.05, 4.69) is 4.98 Å². The molecule has 0 aliphatic heterocycles. The van der Waals surface area contributed by atoms with E-state index in [0.717, 1.165) is 0 Å². The van der Waals surface area contributed by atoms with Gasteiger partial charge in [-0.2, -0.15) is 13.5 Å². The minimum Gasteiger partial charge on any atom is -0.245 e. The average molecular weight is 148 g/mol. The van der Waals surface area contributed by atoms with Crippen molar-refractivity contribution in [2.24, 2.45) is 0 Å². The van der Waals surface area contributed by atoms with E-state index >= 15 is 0 Å². The SMILES string of the molecule is Clc1ccccn1.S. The lowest BCUT2D eigenvalue weighted by molar-refractivity contribution is 1.33. The van der Waals surface area contributed by atoms with Crippen molar-refractivity contribution in [3.8, 4) is 0 Å². The Labute approximate surface area is 60.1 Å². The molecule has 0 unspecified atom stereocenters. The number of hydrogen-bond acceptors (Lipinski definition) is 1. The first-order chi connectivity index (χ1) is 3.39. The van der Waals surface area contributed by atoms with Crippen LogP contribution in [0.25, 0.3) is 0 Å². The zero-order chi connectivity index (χ0) is 5.11. The molecule has 0 radical (unpaired) electrons. The highest BCUT2D eigenvalue weighted by molar-refractivity contribution is 7.59. The Morgan fingerprint density at radius 3 is 2.38 bits per heavy atom. The van der Waals surface area contributed by atoms with Crippen molar-refractivity contribution < 1.29 is 0 Å². The fraction of sp³-hybridized carbons (Fsp3) is 0. The van der Waals surface area contributed by atoms with Crippen LogP contribution in [0.2, 0.25) is 5.15 Å². The molecule has 0 bridgehead atoms. The normalized spacial score (nSPS) is 7.62. The molecule has 0 aromatic carbocycles. The minimum atomic E-state index is 0. The van der Waals surface area contributed by atoms with E-state index in [1.54, 1.807) is 12.3 Å². The van der Waals surface area contributed by atoms with Crippen LogP contribution >= 0.6 is 25.1 Å². The summed E-state index contributed by atoms with van der Waals surface area (Å²) in [4.78, 5) is 3.74. The van der Waals surface area contributed by atoms with E-state index in [0.29, 0.717) is 5.15 Å². The first-order valence-electron chi connectivity index (χ1n) is 1.96. The van der Waals surface area contributed by atoms with Crippen LogP contribution in [0.4, 0.5) is 0 Å². The maximum absolute atomic E-state index is 5.43. The Kier molecular flexibility index (Phi) is 3.65. The second kappa shape index (κ2) is 3.75. The van der Waals surface area contributed by atoms with Crippen molar-refractivity contribution in [3.63, 3.8) is 0 Å². The van der Waals surface area contributed by atoms with E-state index < -0.39 is 0 Å². The molecule has 1 aromatic rings. The summed E-state index contributed by atoms with van der Waals surface area (Å²) in [6.45, 7) is 0. The minimum absolute atomic E-state index is 0. The number of rotatable bonds is 0. The highest BCUT2D eigenvalue weighted by atomic mass is 35.5. The molecule has 0 aliphatic rings. The number of nitrogens with zero attached hydrogens (tertiary/aromatic N) is 1. The smallest absolute Gasteiger partial charge is 0.129 e. The van der Waals surface area contributed by atoms with Gasteiger partial charge in [-0.15, -0.1) is 0 Å². The third-order valence-corrected chi connectivity index (χ3v) is 0.852. The molecule has 44 valence electrons. The lowest BCUT2D eigenvalue weighted by atomic mass is 10.5. The van der Waals surface area contributed by atoms with Crippen molar-refractivity contribution in [1.82, 2.24) is 4.98 Å². The molecule has 0 spiro atoms. The van der Waals surface area contributed by atoms with Crippen LogP contribution in [-0.2, 0) is 0 Å². The van der Waals surface area contributed by atoms with Crippen LogP contribution in [0.5, 0.6) is 0 Å². The Balaban J connectivity index is 0.000000490. The van der Waals surface area contributed by atoms with E-state index in [9.17, 15) is 0 Å². The van der Waals surface area contributed by atoms with Gasteiger partial charge in [-0.1, -0.05) is 17.7 Å². The molecule has 0 fully saturated rings. The zero-order valence-electron chi connectivity index (χ0n) is 4.13. The van der Waals surface area contributed by atoms with E-state index in [4.69, 9.17) is 11.6 Å². The molecule has 0 aliphatic carbocycles. The molecule has 1 rings (SSSR count). The fourth-order valence-electron chi connectivity index (χ4n) is 0.342. The summed E-state index contributed by atoms with van der Waals surface area (Å²) >= 11 is 5.43. The number of halogens is 1. The van der Waals surface area contributed by atoms with Gasteiger partial charge in [-0.3, -0.25) is 0 Å². The summed E-state index contributed by atoms with van der Waals surface area (Å²) in [5.74, 6) is 0.